The number of carbonyl (C=O) groups excluding carboxylic acids is 3. The molecule has 1 aliphatic heterocycles. The fourth-order valence-electron chi connectivity index (χ4n) is 4.09. The van der Waals surface area contributed by atoms with E-state index in [4.69, 9.17) is 10.8 Å². The van der Waals surface area contributed by atoms with Gasteiger partial charge in [0.15, 0.2) is 5.78 Å². The summed E-state index contributed by atoms with van der Waals surface area (Å²) in [4.78, 5) is 53.3. The van der Waals surface area contributed by atoms with Crippen LogP contribution in [0.15, 0.2) is 30.5 Å². The van der Waals surface area contributed by atoms with Gasteiger partial charge in [0.1, 0.15) is 6.04 Å². The number of carbonyl (C=O) groups is 4. The zero-order chi connectivity index (χ0) is 22.5. The first-order valence-corrected chi connectivity index (χ1v) is 10.4. The van der Waals surface area contributed by atoms with E-state index in [1.54, 1.807) is 6.20 Å². The number of H-pyrrole nitrogens is 1. The van der Waals surface area contributed by atoms with Gasteiger partial charge in [0.05, 0.1) is 12.1 Å². The van der Waals surface area contributed by atoms with Gasteiger partial charge in [0.2, 0.25) is 11.8 Å². The number of para-hydroxylation sites is 1. The lowest BCUT2D eigenvalue weighted by molar-refractivity contribution is -0.142. The van der Waals surface area contributed by atoms with E-state index in [0.29, 0.717) is 19.4 Å². The summed E-state index contributed by atoms with van der Waals surface area (Å²) in [6.45, 7) is 1.84. The number of fused-ring (bicyclic) bond motifs is 1. The minimum absolute atomic E-state index is 0.0686. The second kappa shape index (κ2) is 9.74. The van der Waals surface area contributed by atoms with E-state index < -0.39 is 35.9 Å². The Labute approximate surface area is 180 Å². The van der Waals surface area contributed by atoms with Crippen LogP contribution < -0.4 is 11.1 Å². The predicted molar refractivity (Wildman–Crippen MR) is 114 cm³/mol. The molecule has 2 amide bonds. The predicted octanol–water partition coefficient (Wildman–Crippen LogP) is 0.967. The van der Waals surface area contributed by atoms with Crippen molar-refractivity contribution in [2.45, 2.75) is 57.2 Å². The zero-order valence-electron chi connectivity index (χ0n) is 17.5. The number of nitrogens with two attached hydrogens (primary N) is 1. The summed E-state index contributed by atoms with van der Waals surface area (Å²) < 4.78 is 0. The van der Waals surface area contributed by atoms with Gasteiger partial charge in [0, 0.05) is 30.1 Å². The summed E-state index contributed by atoms with van der Waals surface area (Å²) in [5.41, 5.74) is 7.92. The van der Waals surface area contributed by atoms with E-state index in [2.05, 4.69) is 10.3 Å². The summed E-state index contributed by atoms with van der Waals surface area (Å²) in [7, 11) is 0. The standard InChI is InChI=1S/C22H28N4O5/c1-13(27)19-7-4-10-26(19)22(31)18(8-9-20(28)29)25-21(30)16(23)11-14-12-24-17-6-3-2-5-15(14)17/h2-3,5-6,12,16,18-19,24H,4,7-11,23H2,1H3,(H,25,30)(H,28,29)/t16-,18-,19-/m0/s1. The molecule has 0 spiro atoms. The van der Waals surface area contributed by atoms with Crippen molar-refractivity contribution in [1.82, 2.24) is 15.2 Å². The van der Waals surface area contributed by atoms with Crippen molar-refractivity contribution in [3.8, 4) is 0 Å². The number of nitrogens with one attached hydrogen (secondary N) is 2. The average molecular weight is 428 g/mol. The van der Waals surface area contributed by atoms with Crippen LogP contribution in [-0.2, 0) is 25.6 Å². The molecule has 2 heterocycles. The number of benzene rings is 1. The van der Waals surface area contributed by atoms with E-state index in [1.807, 2.05) is 24.3 Å². The molecule has 3 rings (SSSR count). The van der Waals surface area contributed by atoms with Gasteiger partial charge in [-0.25, -0.2) is 0 Å². The van der Waals surface area contributed by atoms with Crippen LogP contribution in [0.2, 0.25) is 0 Å². The molecule has 166 valence electrons. The number of Topliss-reactive ketones (excluding diaryl/α,β-unsaturated/α-hetero) is 1. The Hall–Kier alpha value is -3.20. The maximum absolute atomic E-state index is 13.0. The zero-order valence-corrected chi connectivity index (χ0v) is 17.5. The third-order valence-corrected chi connectivity index (χ3v) is 5.72. The second-order valence-electron chi connectivity index (χ2n) is 7.96. The van der Waals surface area contributed by atoms with Gasteiger partial charge in [-0.1, -0.05) is 18.2 Å². The van der Waals surface area contributed by atoms with Crippen molar-refractivity contribution >= 4 is 34.5 Å². The molecule has 0 aliphatic carbocycles. The van der Waals surface area contributed by atoms with Crippen LogP contribution in [0.3, 0.4) is 0 Å². The Morgan fingerprint density at radius 2 is 2.03 bits per heavy atom. The quantitative estimate of drug-likeness (QED) is 0.468. The molecule has 9 nitrogen and oxygen atoms in total. The third kappa shape index (κ3) is 5.29. The number of aromatic amines is 1. The number of rotatable bonds is 9. The molecule has 0 bridgehead atoms. The minimum Gasteiger partial charge on any atom is -0.481 e. The summed E-state index contributed by atoms with van der Waals surface area (Å²) in [5.74, 6) is -2.16. The molecule has 2 aromatic rings. The maximum atomic E-state index is 13.0. The topological polar surface area (TPSA) is 146 Å². The normalized spacial score (nSPS) is 18.0. The Balaban J connectivity index is 1.70. The van der Waals surface area contributed by atoms with Gasteiger partial charge < -0.3 is 26.0 Å². The Bertz CT molecular complexity index is 985. The van der Waals surface area contributed by atoms with E-state index in [1.165, 1.54) is 11.8 Å². The van der Waals surface area contributed by atoms with Gasteiger partial charge in [-0.15, -0.1) is 0 Å². The SMILES string of the molecule is CC(=O)[C@@H]1CCCN1C(=O)[C@H](CCC(=O)O)NC(=O)[C@@H](N)Cc1c[nH]c2ccccc12. The van der Waals surface area contributed by atoms with Crippen LogP contribution in [0.4, 0.5) is 0 Å². The van der Waals surface area contributed by atoms with Crippen LogP contribution >= 0.6 is 0 Å². The molecule has 9 heteroatoms. The summed E-state index contributed by atoms with van der Waals surface area (Å²) in [6.07, 6.45) is 2.96. The lowest BCUT2D eigenvalue weighted by atomic mass is 10.0. The summed E-state index contributed by atoms with van der Waals surface area (Å²) in [5, 5.41) is 12.6. The molecule has 1 aromatic carbocycles. The Morgan fingerprint density at radius 1 is 1.29 bits per heavy atom. The number of hydrogen-bond acceptors (Lipinski definition) is 5. The highest BCUT2D eigenvalue weighted by Gasteiger charge is 2.36. The van der Waals surface area contributed by atoms with Crippen molar-refractivity contribution in [2.24, 2.45) is 5.73 Å². The number of carboxylic acid groups (broad SMARTS) is 1. The molecule has 1 aromatic heterocycles. The highest BCUT2D eigenvalue weighted by atomic mass is 16.4. The molecular formula is C22H28N4O5. The highest BCUT2D eigenvalue weighted by molar-refractivity contribution is 5.94. The van der Waals surface area contributed by atoms with Crippen molar-refractivity contribution in [2.75, 3.05) is 6.54 Å². The fraction of sp³-hybridized carbons (Fsp3) is 0.455. The second-order valence-corrected chi connectivity index (χ2v) is 7.96. The number of carboxylic acids is 1. The number of nitrogens with zero attached hydrogens (tertiary/aromatic N) is 1. The first kappa shape index (κ1) is 22.5. The monoisotopic (exact) mass is 428 g/mol. The molecular weight excluding hydrogens is 400 g/mol. The first-order valence-electron chi connectivity index (χ1n) is 10.4. The number of ketones is 1. The number of hydrogen-bond donors (Lipinski definition) is 4. The Kier molecular flexibility index (Phi) is 7.06. The van der Waals surface area contributed by atoms with Crippen molar-refractivity contribution in [1.29, 1.82) is 0 Å². The van der Waals surface area contributed by atoms with Crippen LogP contribution in [0.5, 0.6) is 0 Å². The fourth-order valence-corrected chi connectivity index (χ4v) is 4.09. The van der Waals surface area contributed by atoms with Gasteiger partial charge in [-0.2, -0.15) is 0 Å². The van der Waals surface area contributed by atoms with Gasteiger partial charge >= 0.3 is 5.97 Å². The molecule has 1 aliphatic rings. The molecule has 1 fully saturated rings. The largest absolute Gasteiger partial charge is 0.481 e. The van der Waals surface area contributed by atoms with Gasteiger partial charge in [-0.05, 0) is 44.2 Å². The minimum atomic E-state index is -1.07. The summed E-state index contributed by atoms with van der Waals surface area (Å²) >= 11 is 0. The number of aliphatic carboxylic acids is 1. The number of amides is 2. The molecule has 0 saturated carbocycles. The van der Waals surface area contributed by atoms with E-state index in [0.717, 1.165) is 16.5 Å². The lowest BCUT2D eigenvalue weighted by Gasteiger charge is -2.28. The lowest BCUT2D eigenvalue weighted by Crippen LogP contribution is -2.54. The average Bonchev–Trinajstić information content (AvgIpc) is 3.38. The number of likely N-dealkylation sites (tertiary alicyclic amines) is 1. The third-order valence-electron chi connectivity index (χ3n) is 5.72. The van der Waals surface area contributed by atoms with Crippen LogP contribution in [0.25, 0.3) is 10.9 Å². The molecule has 3 atom stereocenters. The Morgan fingerprint density at radius 3 is 2.74 bits per heavy atom. The van der Waals surface area contributed by atoms with Crippen molar-refractivity contribution in [3.05, 3.63) is 36.0 Å². The molecule has 1 saturated heterocycles. The van der Waals surface area contributed by atoms with Crippen molar-refractivity contribution < 1.29 is 24.3 Å². The molecule has 0 unspecified atom stereocenters. The van der Waals surface area contributed by atoms with E-state index >= 15 is 0 Å². The summed E-state index contributed by atoms with van der Waals surface area (Å²) in [6, 6.07) is 5.16. The molecule has 0 radical (unpaired) electrons. The highest BCUT2D eigenvalue weighted by Crippen LogP contribution is 2.21. The first-order chi connectivity index (χ1) is 14.8. The molecule has 31 heavy (non-hydrogen) atoms. The van der Waals surface area contributed by atoms with Crippen LogP contribution in [0, 0.1) is 0 Å². The van der Waals surface area contributed by atoms with Gasteiger partial charge in [0.25, 0.3) is 0 Å². The van der Waals surface area contributed by atoms with Crippen LogP contribution in [0.1, 0.15) is 38.2 Å². The van der Waals surface area contributed by atoms with Crippen LogP contribution in [-0.4, -0.2) is 63.2 Å². The van der Waals surface area contributed by atoms with E-state index in [9.17, 15) is 19.2 Å². The number of aromatic nitrogens is 1. The van der Waals surface area contributed by atoms with E-state index in [-0.39, 0.29) is 25.0 Å². The maximum Gasteiger partial charge on any atom is 0.303 e. The van der Waals surface area contributed by atoms with Crippen molar-refractivity contribution in [3.63, 3.8) is 0 Å². The molecule has 5 N–H and O–H groups in total. The van der Waals surface area contributed by atoms with Gasteiger partial charge in [-0.3, -0.25) is 19.2 Å². The smallest absolute Gasteiger partial charge is 0.303 e.